The first kappa shape index (κ1) is 16.6. The highest BCUT2D eigenvalue weighted by atomic mass is 16.3. The number of H-pyrrole nitrogens is 1. The second-order valence-electron chi connectivity index (χ2n) is 6.73. The topological polar surface area (TPSA) is 62.1 Å². The lowest BCUT2D eigenvalue weighted by molar-refractivity contribution is -0.135. The fraction of sp³-hybridized carbons (Fsp3) is 0.333. The van der Waals surface area contributed by atoms with E-state index in [1.807, 2.05) is 41.4 Å². The van der Waals surface area contributed by atoms with Crippen LogP contribution in [-0.4, -0.2) is 27.3 Å². The summed E-state index contributed by atoms with van der Waals surface area (Å²) in [6.45, 7) is 0.795. The lowest BCUT2D eigenvalue weighted by Crippen LogP contribution is -2.39. The Bertz CT molecular complexity index is 839. The Morgan fingerprint density at radius 2 is 2.08 bits per heavy atom. The first-order valence-electron chi connectivity index (χ1n) is 9.23. The number of benzene rings is 1. The van der Waals surface area contributed by atoms with E-state index in [4.69, 9.17) is 4.42 Å². The van der Waals surface area contributed by atoms with Crippen molar-refractivity contribution in [2.75, 3.05) is 6.54 Å². The number of hydrogen-bond acceptors (Lipinski definition) is 3. The Balaban J connectivity index is 1.48. The van der Waals surface area contributed by atoms with Crippen molar-refractivity contribution in [3.05, 3.63) is 66.5 Å². The Labute approximate surface area is 153 Å². The van der Waals surface area contributed by atoms with E-state index < -0.39 is 0 Å². The highest BCUT2D eigenvalue weighted by molar-refractivity contribution is 5.77. The molecule has 0 spiro atoms. The van der Waals surface area contributed by atoms with Crippen molar-refractivity contribution >= 4 is 5.91 Å². The zero-order valence-corrected chi connectivity index (χ0v) is 14.7. The number of nitrogens with zero attached hydrogens (tertiary/aromatic N) is 2. The van der Waals surface area contributed by atoms with E-state index in [1.54, 1.807) is 6.26 Å². The van der Waals surface area contributed by atoms with E-state index >= 15 is 0 Å². The van der Waals surface area contributed by atoms with Crippen LogP contribution in [0.5, 0.6) is 0 Å². The van der Waals surface area contributed by atoms with Gasteiger partial charge in [0.25, 0.3) is 0 Å². The van der Waals surface area contributed by atoms with Gasteiger partial charge in [0.05, 0.1) is 24.2 Å². The summed E-state index contributed by atoms with van der Waals surface area (Å²) in [6.07, 6.45) is 7.75. The standard InChI is InChI=1S/C21H23N3O2/c25-20(12-11-17-9-6-14-26-17)24-13-5-4-10-19(24)21-22-15-18(23-21)16-7-2-1-3-8-16/h1-3,6-9,14-15,19H,4-5,10-13H2,(H,22,23). The molecule has 0 saturated carbocycles. The number of piperidine rings is 1. The summed E-state index contributed by atoms with van der Waals surface area (Å²) in [4.78, 5) is 22.8. The van der Waals surface area contributed by atoms with Crippen LogP contribution < -0.4 is 0 Å². The molecule has 0 radical (unpaired) electrons. The maximum absolute atomic E-state index is 12.8. The van der Waals surface area contributed by atoms with Crippen molar-refractivity contribution in [2.45, 2.75) is 38.1 Å². The molecule has 26 heavy (non-hydrogen) atoms. The first-order valence-corrected chi connectivity index (χ1v) is 9.23. The van der Waals surface area contributed by atoms with Crippen molar-refractivity contribution in [1.29, 1.82) is 0 Å². The minimum absolute atomic E-state index is 0.0327. The second kappa shape index (κ2) is 7.60. The zero-order chi connectivity index (χ0) is 17.8. The van der Waals surface area contributed by atoms with Crippen LogP contribution in [0.25, 0.3) is 11.3 Å². The highest BCUT2D eigenvalue weighted by Gasteiger charge is 2.29. The summed E-state index contributed by atoms with van der Waals surface area (Å²) in [5.41, 5.74) is 2.10. The molecule has 0 aliphatic carbocycles. The van der Waals surface area contributed by atoms with Crippen LogP contribution in [-0.2, 0) is 11.2 Å². The maximum atomic E-state index is 12.8. The van der Waals surface area contributed by atoms with E-state index in [-0.39, 0.29) is 11.9 Å². The molecule has 1 N–H and O–H groups in total. The summed E-state index contributed by atoms with van der Waals surface area (Å²) in [5, 5.41) is 0. The van der Waals surface area contributed by atoms with Gasteiger partial charge in [0.2, 0.25) is 5.91 Å². The van der Waals surface area contributed by atoms with Crippen molar-refractivity contribution in [3.8, 4) is 11.3 Å². The fourth-order valence-corrected chi connectivity index (χ4v) is 3.61. The number of hydrogen-bond donors (Lipinski definition) is 1. The molecule has 4 rings (SSSR count). The van der Waals surface area contributed by atoms with Gasteiger partial charge in [0.15, 0.2) is 0 Å². The number of amides is 1. The van der Waals surface area contributed by atoms with Gasteiger partial charge in [-0.3, -0.25) is 4.79 Å². The number of rotatable bonds is 5. The van der Waals surface area contributed by atoms with Crippen molar-refractivity contribution < 1.29 is 9.21 Å². The number of nitrogens with one attached hydrogen (secondary N) is 1. The van der Waals surface area contributed by atoms with E-state index in [1.165, 1.54) is 0 Å². The molecule has 134 valence electrons. The average Bonchev–Trinajstić information content (AvgIpc) is 3.39. The van der Waals surface area contributed by atoms with Gasteiger partial charge in [-0.15, -0.1) is 0 Å². The molecule has 2 aromatic heterocycles. The van der Waals surface area contributed by atoms with Crippen LogP contribution in [0, 0.1) is 0 Å². The molecular weight excluding hydrogens is 326 g/mol. The Morgan fingerprint density at radius 3 is 2.88 bits per heavy atom. The lowest BCUT2D eigenvalue weighted by atomic mass is 10.0. The molecule has 5 heteroatoms. The minimum atomic E-state index is 0.0327. The minimum Gasteiger partial charge on any atom is -0.469 e. The third kappa shape index (κ3) is 3.57. The SMILES string of the molecule is O=C(CCc1ccco1)N1CCCCC1c1ncc(-c2ccccc2)[nH]1. The predicted molar refractivity (Wildman–Crippen MR) is 99.4 cm³/mol. The number of aryl methyl sites for hydroxylation is 1. The molecule has 1 aromatic carbocycles. The number of carbonyl (C=O) groups is 1. The third-order valence-electron chi connectivity index (χ3n) is 4.98. The summed E-state index contributed by atoms with van der Waals surface area (Å²) in [5.74, 6) is 1.91. The molecule has 0 bridgehead atoms. The predicted octanol–water partition coefficient (Wildman–Crippen LogP) is 4.36. The quantitative estimate of drug-likeness (QED) is 0.744. The van der Waals surface area contributed by atoms with Crippen LogP contribution in [0.1, 0.15) is 43.3 Å². The van der Waals surface area contributed by atoms with Crippen molar-refractivity contribution in [2.24, 2.45) is 0 Å². The van der Waals surface area contributed by atoms with Gasteiger partial charge in [-0.05, 0) is 37.0 Å². The van der Waals surface area contributed by atoms with Gasteiger partial charge in [0.1, 0.15) is 11.6 Å². The van der Waals surface area contributed by atoms with E-state index in [0.717, 1.165) is 48.6 Å². The van der Waals surface area contributed by atoms with Gasteiger partial charge in [-0.2, -0.15) is 0 Å². The molecule has 1 saturated heterocycles. The smallest absolute Gasteiger partial charge is 0.223 e. The second-order valence-corrected chi connectivity index (χ2v) is 6.73. The number of carbonyl (C=O) groups excluding carboxylic acids is 1. The van der Waals surface area contributed by atoms with Crippen LogP contribution in [0.15, 0.2) is 59.3 Å². The van der Waals surface area contributed by atoms with E-state index in [0.29, 0.717) is 12.8 Å². The summed E-state index contributed by atoms with van der Waals surface area (Å²) < 4.78 is 5.35. The molecule has 3 aromatic rings. The van der Waals surface area contributed by atoms with Crippen LogP contribution in [0.4, 0.5) is 0 Å². The van der Waals surface area contributed by atoms with Crippen molar-refractivity contribution in [3.63, 3.8) is 0 Å². The Hall–Kier alpha value is -2.82. The lowest BCUT2D eigenvalue weighted by Gasteiger charge is -2.34. The Kier molecular flexibility index (Phi) is 4.86. The third-order valence-corrected chi connectivity index (χ3v) is 4.98. The van der Waals surface area contributed by atoms with Crippen LogP contribution in [0.2, 0.25) is 0 Å². The molecular formula is C21H23N3O2. The molecule has 1 fully saturated rings. The van der Waals surface area contributed by atoms with Gasteiger partial charge < -0.3 is 14.3 Å². The zero-order valence-electron chi connectivity index (χ0n) is 14.7. The van der Waals surface area contributed by atoms with Crippen LogP contribution in [0.3, 0.4) is 0 Å². The number of aromatic nitrogens is 2. The molecule has 1 aliphatic rings. The number of aromatic amines is 1. The summed E-state index contributed by atoms with van der Waals surface area (Å²) in [7, 11) is 0. The molecule has 1 unspecified atom stereocenters. The van der Waals surface area contributed by atoms with Gasteiger partial charge in [-0.1, -0.05) is 30.3 Å². The molecule has 5 nitrogen and oxygen atoms in total. The monoisotopic (exact) mass is 349 g/mol. The Morgan fingerprint density at radius 1 is 1.19 bits per heavy atom. The molecule has 1 amide bonds. The van der Waals surface area contributed by atoms with Gasteiger partial charge >= 0.3 is 0 Å². The van der Waals surface area contributed by atoms with Gasteiger partial charge in [-0.25, -0.2) is 4.98 Å². The van der Waals surface area contributed by atoms with E-state index in [2.05, 4.69) is 22.1 Å². The summed E-state index contributed by atoms with van der Waals surface area (Å²) >= 11 is 0. The maximum Gasteiger partial charge on any atom is 0.223 e. The highest BCUT2D eigenvalue weighted by Crippen LogP contribution is 2.31. The molecule has 1 aliphatic heterocycles. The number of likely N-dealkylation sites (tertiary alicyclic amines) is 1. The fourth-order valence-electron chi connectivity index (χ4n) is 3.61. The van der Waals surface area contributed by atoms with Crippen LogP contribution >= 0.6 is 0 Å². The average molecular weight is 349 g/mol. The van der Waals surface area contributed by atoms with E-state index in [9.17, 15) is 4.79 Å². The largest absolute Gasteiger partial charge is 0.469 e. The first-order chi connectivity index (χ1) is 12.8. The summed E-state index contributed by atoms with van der Waals surface area (Å²) in [6, 6.07) is 14.0. The number of furan rings is 1. The molecule has 1 atom stereocenters. The van der Waals surface area contributed by atoms with Crippen molar-refractivity contribution in [1.82, 2.24) is 14.9 Å². The normalized spacial score (nSPS) is 17.4. The molecule has 3 heterocycles. The van der Waals surface area contributed by atoms with Gasteiger partial charge in [0, 0.05) is 19.4 Å². The number of imidazole rings is 1.